The lowest BCUT2D eigenvalue weighted by Crippen LogP contribution is -2.54. The van der Waals surface area contributed by atoms with Crippen LogP contribution in [-0.2, 0) is 21.4 Å². The first-order chi connectivity index (χ1) is 14.1. The molecule has 30 heavy (non-hydrogen) atoms. The lowest BCUT2D eigenvalue weighted by molar-refractivity contribution is -0.157. The number of hydrogen-bond acceptors (Lipinski definition) is 4. The molecule has 5 heteroatoms. The Hall–Kier alpha value is -1.65. The Kier molecular flexibility index (Phi) is 4.51. The van der Waals surface area contributed by atoms with E-state index in [2.05, 4.69) is 25.9 Å². The highest BCUT2D eigenvalue weighted by atomic mass is 16.5. The highest BCUT2D eigenvalue weighted by Gasteiger charge is 2.60. The molecule has 4 aliphatic carbocycles. The molecule has 5 rings (SSSR count). The van der Waals surface area contributed by atoms with Crippen molar-refractivity contribution in [3.05, 3.63) is 17.0 Å². The maximum atomic E-state index is 12.2. The predicted octanol–water partition coefficient (Wildman–Crippen LogP) is 4.84. The molecule has 0 bridgehead atoms. The molecule has 5 nitrogen and oxygen atoms in total. The summed E-state index contributed by atoms with van der Waals surface area (Å²) >= 11 is 0. The van der Waals surface area contributed by atoms with Gasteiger partial charge in [-0.25, -0.2) is 4.68 Å². The van der Waals surface area contributed by atoms with Crippen molar-refractivity contribution in [2.45, 2.75) is 97.5 Å². The SMILES string of the molecule is CC(=O)O[C@H]1CC[C@@]2(C)[C@@H](CC[C@@H]3[C@H]4Cc5c(c(C)nn5C(C)=O)[C@@]4(C)CC[C@@H]32)C1. The molecule has 3 saturated carbocycles. The van der Waals surface area contributed by atoms with Crippen LogP contribution in [0.15, 0.2) is 0 Å². The molecule has 1 aromatic heterocycles. The number of fused-ring (bicyclic) bond motifs is 7. The van der Waals surface area contributed by atoms with Crippen LogP contribution in [0, 0.1) is 36.0 Å². The average molecular weight is 413 g/mol. The van der Waals surface area contributed by atoms with Gasteiger partial charge in [-0.05, 0) is 92.8 Å². The van der Waals surface area contributed by atoms with Crippen molar-refractivity contribution >= 4 is 11.9 Å². The van der Waals surface area contributed by atoms with Crippen molar-refractivity contribution in [2.75, 3.05) is 0 Å². The summed E-state index contributed by atoms with van der Waals surface area (Å²) in [5.74, 6) is 2.66. The number of ether oxygens (including phenoxy) is 1. The third-order valence-electron chi connectivity index (χ3n) is 9.78. The van der Waals surface area contributed by atoms with Gasteiger partial charge in [-0.1, -0.05) is 13.8 Å². The largest absolute Gasteiger partial charge is 0.463 e. The first-order valence-electron chi connectivity index (χ1n) is 11.9. The van der Waals surface area contributed by atoms with E-state index in [9.17, 15) is 9.59 Å². The van der Waals surface area contributed by atoms with E-state index in [1.54, 1.807) is 11.6 Å². The minimum Gasteiger partial charge on any atom is -0.463 e. The van der Waals surface area contributed by atoms with E-state index in [-0.39, 0.29) is 23.4 Å². The highest BCUT2D eigenvalue weighted by molar-refractivity contribution is 5.77. The number of carbonyl (C=O) groups excluding carboxylic acids is 2. The normalized spacial score (nSPS) is 42.0. The fraction of sp³-hybridized carbons (Fsp3) is 0.800. The molecule has 0 aliphatic heterocycles. The Morgan fingerprint density at radius 1 is 1.07 bits per heavy atom. The summed E-state index contributed by atoms with van der Waals surface area (Å²) in [5, 5.41) is 4.61. The zero-order valence-corrected chi connectivity index (χ0v) is 19.2. The van der Waals surface area contributed by atoms with Crippen molar-refractivity contribution in [1.82, 2.24) is 9.78 Å². The molecular formula is C25H36N2O3. The monoisotopic (exact) mass is 412 g/mol. The van der Waals surface area contributed by atoms with Crippen LogP contribution in [0.1, 0.15) is 94.4 Å². The Morgan fingerprint density at radius 2 is 1.83 bits per heavy atom. The Morgan fingerprint density at radius 3 is 2.53 bits per heavy atom. The van der Waals surface area contributed by atoms with E-state index >= 15 is 0 Å². The van der Waals surface area contributed by atoms with E-state index in [0.717, 1.165) is 36.8 Å². The number of esters is 1. The second-order valence-electron chi connectivity index (χ2n) is 11.2. The Labute approximate surface area is 179 Å². The number of rotatable bonds is 1. The molecule has 0 aromatic carbocycles. The van der Waals surface area contributed by atoms with Crippen LogP contribution in [0.5, 0.6) is 0 Å². The Balaban J connectivity index is 1.43. The second-order valence-corrected chi connectivity index (χ2v) is 11.2. The molecule has 1 heterocycles. The van der Waals surface area contributed by atoms with E-state index in [4.69, 9.17) is 4.74 Å². The van der Waals surface area contributed by atoms with Gasteiger partial charge in [0.2, 0.25) is 5.91 Å². The molecule has 3 fully saturated rings. The third kappa shape index (κ3) is 2.69. The molecular weight excluding hydrogens is 376 g/mol. The number of hydrogen-bond donors (Lipinski definition) is 0. The first kappa shape index (κ1) is 20.3. The van der Waals surface area contributed by atoms with Crippen molar-refractivity contribution in [3.63, 3.8) is 0 Å². The van der Waals surface area contributed by atoms with Crippen LogP contribution < -0.4 is 0 Å². The van der Waals surface area contributed by atoms with Crippen LogP contribution in [0.3, 0.4) is 0 Å². The molecule has 4 aliphatic rings. The third-order valence-corrected chi connectivity index (χ3v) is 9.78. The summed E-state index contributed by atoms with van der Waals surface area (Å²) < 4.78 is 7.30. The van der Waals surface area contributed by atoms with Crippen molar-refractivity contribution in [1.29, 1.82) is 0 Å². The summed E-state index contributed by atoms with van der Waals surface area (Å²) in [6.45, 7) is 10.2. The molecule has 0 spiro atoms. The zero-order valence-electron chi connectivity index (χ0n) is 19.2. The first-order valence-corrected chi connectivity index (χ1v) is 11.9. The van der Waals surface area contributed by atoms with E-state index in [0.29, 0.717) is 17.3 Å². The molecule has 0 N–H and O–H groups in total. The minimum absolute atomic E-state index is 0.0395. The van der Waals surface area contributed by atoms with Gasteiger partial charge in [0.1, 0.15) is 6.10 Å². The Bertz CT molecular complexity index is 904. The molecule has 0 unspecified atom stereocenters. The van der Waals surface area contributed by atoms with Gasteiger partial charge >= 0.3 is 5.97 Å². The molecule has 164 valence electrons. The summed E-state index contributed by atoms with van der Waals surface area (Å²) in [6, 6.07) is 0. The van der Waals surface area contributed by atoms with Gasteiger partial charge < -0.3 is 4.74 Å². The van der Waals surface area contributed by atoms with Crippen molar-refractivity contribution in [3.8, 4) is 0 Å². The zero-order chi connectivity index (χ0) is 21.4. The van der Waals surface area contributed by atoms with E-state index in [1.165, 1.54) is 50.3 Å². The second kappa shape index (κ2) is 6.67. The van der Waals surface area contributed by atoms with Gasteiger partial charge in [-0.3, -0.25) is 9.59 Å². The molecule has 0 radical (unpaired) electrons. The van der Waals surface area contributed by atoms with Crippen LogP contribution in [-0.4, -0.2) is 27.8 Å². The van der Waals surface area contributed by atoms with Crippen LogP contribution in [0.2, 0.25) is 0 Å². The summed E-state index contributed by atoms with van der Waals surface area (Å²) in [6.07, 6.45) is 9.34. The lowest BCUT2D eigenvalue weighted by atomic mass is 9.45. The summed E-state index contributed by atoms with van der Waals surface area (Å²) in [4.78, 5) is 23.7. The fourth-order valence-corrected chi connectivity index (χ4v) is 8.54. The molecule has 0 amide bonds. The highest BCUT2D eigenvalue weighted by Crippen LogP contribution is 2.66. The van der Waals surface area contributed by atoms with Crippen LogP contribution >= 0.6 is 0 Å². The topological polar surface area (TPSA) is 61.2 Å². The molecule has 7 atom stereocenters. The van der Waals surface area contributed by atoms with Crippen LogP contribution in [0.4, 0.5) is 0 Å². The summed E-state index contributed by atoms with van der Waals surface area (Å²) in [5.41, 5.74) is 4.15. The number of carbonyl (C=O) groups is 2. The predicted molar refractivity (Wildman–Crippen MR) is 114 cm³/mol. The lowest BCUT2D eigenvalue weighted by Gasteiger charge is -2.60. The maximum Gasteiger partial charge on any atom is 0.302 e. The van der Waals surface area contributed by atoms with Gasteiger partial charge in [0, 0.05) is 19.4 Å². The van der Waals surface area contributed by atoms with Gasteiger partial charge in [-0.2, -0.15) is 5.10 Å². The van der Waals surface area contributed by atoms with Crippen LogP contribution in [0.25, 0.3) is 0 Å². The molecule has 1 aromatic rings. The van der Waals surface area contributed by atoms with Gasteiger partial charge in [0.05, 0.1) is 11.4 Å². The quantitative estimate of drug-likeness (QED) is 0.619. The minimum atomic E-state index is -0.135. The standard InChI is InChI=1S/C25H36N2O3/c1-14-23-22(27(26-14)15(2)28)13-21-19-7-6-17-12-18(30-16(3)29)8-10-24(17,4)20(19)9-11-25(21,23)5/h17-21H,6-13H2,1-5H3/t17-,18-,19-,20-,21+,24-,25-/m0/s1. The number of aromatic nitrogens is 2. The maximum absolute atomic E-state index is 12.2. The van der Waals surface area contributed by atoms with Gasteiger partial charge in [-0.15, -0.1) is 0 Å². The number of aryl methyl sites for hydroxylation is 1. The molecule has 0 saturated heterocycles. The average Bonchev–Trinajstić information content (AvgIpc) is 3.16. The van der Waals surface area contributed by atoms with Gasteiger partial charge in [0.15, 0.2) is 0 Å². The number of nitrogens with zero attached hydrogens (tertiary/aromatic N) is 2. The fourth-order valence-electron chi connectivity index (χ4n) is 8.54. The van der Waals surface area contributed by atoms with Crippen molar-refractivity contribution < 1.29 is 14.3 Å². The smallest absolute Gasteiger partial charge is 0.302 e. The van der Waals surface area contributed by atoms with E-state index in [1.807, 2.05) is 0 Å². The van der Waals surface area contributed by atoms with E-state index < -0.39 is 0 Å². The van der Waals surface area contributed by atoms with Crippen molar-refractivity contribution in [2.24, 2.45) is 29.1 Å². The summed E-state index contributed by atoms with van der Waals surface area (Å²) in [7, 11) is 0. The van der Waals surface area contributed by atoms with Gasteiger partial charge in [0.25, 0.3) is 0 Å².